The number of hydrogen-bond acceptors (Lipinski definition) is 4. The van der Waals surface area contributed by atoms with Gasteiger partial charge < -0.3 is 15.2 Å². The second kappa shape index (κ2) is 9.17. The van der Waals surface area contributed by atoms with Gasteiger partial charge in [-0.15, -0.1) is 0 Å². The lowest BCUT2D eigenvalue weighted by Gasteiger charge is -2.13. The summed E-state index contributed by atoms with van der Waals surface area (Å²) >= 11 is 7.03. The summed E-state index contributed by atoms with van der Waals surface area (Å²) in [5.41, 5.74) is 2.84. The largest absolute Gasteiger partial charge is 0.480 e. The zero-order valence-corrected chi connectivity index (χ0v) is 19.7. The zero-order chi connectivity index (χ0) is 21.1. The number of nitrogens with one attached hydrogen (secondary N) is 1. The Hall–Kier alpha value is -2.06. The van der Waals surface area contributed by atoms with Crippen LogP contribution in [0.2, 0.25) is 0 Å². The Labute approximate surface area is 186 Å². The number of carboxylic acids is 1. The summed E-state index contributed by atoms with van der Waals surface area (Å²) in [7, 11) is 0. The number of carbonyl (C=O) groups is 1. The Morgan fingerprint density at radius 3 is 2.52 bits per heavy atom. The van der Waals surface area contributed by atoms with Crippen molar-refractivity contribution in [3.8, 4) is 11.5 Å². The first-order chi connectivity index (χ1) is 13.8. The number of aryl methyl sites for hydroxylation is 1. The van der Waals surface area contributed by atoms with Gasteiger partial charge in [-0.05, 0) is 74.5 Å². The van der Waals surface area contributed by atoms with Gasteiger partial charge in [-0.3, -0.25) is 9.48 Å². The van der Waals surface area contributed by atoms with E-state index < -0.39 is 5.97 Å². The Balaban J connectivity index is 1.91. The number of carboxylic acid groups (broad SMARTS) is 1. The van der Waals surface area contributed by atoms with E-state index in [1.54, 1.807) is 12.1 Å². The molecule has 3 aromatic rings. The minimum Gasteiger partial charge on any atom is -0.480 e. The lowest BCUT2D eigenvalue weighted by atomic mass is 10.1. The van der Waals surface area contributed by atoms with Gasteiger partial charge in [0.15, 0.2) is 5.75 Å². The fourth-order valence-electron chi connectivity index (χ4n) is 3.15. The summed E-state index contributed by atoms with van der Waals surface area (Å²) in [6.45, 7) is 7.23. The number of nitrogens with zero attached hydrogens (tertiary/aromatic N) is 2. The molecule has 8 heteroatoms. The monoisotopic (exact) mass is 523 g/mol. The van der Waals surface area contributed by atoms with E-state index in [-0.39, 0.29) is 6.54 Å². The second-order valence-corrected chi connectivity index (χ2v) is 8.88. The third-order valence-electron chi connectivity index (χ3n) is 4.35. The van der Waals surface area contributed by atoms with Gasteiger partial charge in [0.1, 0.15) is 12.3 Å². The molecule has 6 nitrogen and oxygen atoms in total. The molecule has 0 aliphatic rings. The highest BCUT2D eigenvalue weighted by molar-refractivity contribution is 9.11. The fourth-order valence-corrected chi connectivity index (χ4v) is 4.50. The molecule has 0 fully saturated rings. The van der Waals surface area contributed by atoms with Crippen molar-refractivity contribution < 1.29 is 14.6 Å². The van der Waals surface area contributed by atoms with Gasteiger partial charge in [0.25, 0.3) is 0 Å². The average molecular weight is 525 g/mol. The number of rotatable bonds is 8. The predicted octanol–water partition coefficient (Wildman–Crippen LogP) is 6.07. The SMILES string of the molecule is CCc1c2cc(Oc3c(Br)cc(NCC(=O)O)cc3Br)ccc2nn1CC(C)C. The topological polar surface area (TPSA) is 76.4 Å². The summed E-state index contributed by atoms with van der Waals surface area (Å²) in [5.74, 6) is 0.933. The van der Waals surface area contributed by atoms with Crippen molar-refractivity contribution in [3.63, 3.8) is 0 Å². The van der Waals surface area contributed by atoms with E-state index in [2.05, 4.69) is 62.6 Å². The molecule has 0 bridgehead atoms. The molecule has 2 aromatic carbocycles. The number of hydrogen-bond donors (Lipinski definition) is 2. The van der Waals surface area contributed by atoms with Crippen LogP contribution in [0.25, 0.3) is 10.9 Å². The quantitative estimate of drug-likeness (QED) is 0.374. The van der Waals surface area contributed by atoms with Crippen molar-refractivity contribution >= 4 is 54.4 Å². The van der Waals surface area contributed by atoms with E-state index in [1.807, 2.05) is 18.2 Å². The van der Waals surface area contributed by atoms with Gasteiger partial charge in [-0.2, -0.15) is 5.10 Å². The van der Waals surface area contributed by atoms with Crippen LogP contribution in [-0.2, 0) is 17.8 Å². The van der Waals surface area contributed by atoms with Crippen LogP contribution in [0, 0.1) is 5.92 Å². The predicted molar refractivity (Wildman–Crippen MR) is 122 cm³/mol. The van der Waals surface area contributed by atoms with E-state index in [0.717, 1.165) is 23.9 Å². The fraction of sp³-hybridized carbons (Fsp3) is 0.333. The maximum absolute atomic E-state index is 10.8. The van der Waals surface area contributed by atoms with Gasteiger partial charge in [0.2, 0.25) is 0 Å². The first kappa shape index (κ1) is 21.6. The number of halogens is 2. The summed E-state index contributed by atoms with van der Waals surface area (Å²) in [5, 5.41) is 17.5. The van der Waals surface area contributed by atoms with Gasteiger partial charge in [0, 0.05) is 23.3 Å². The van der Waals surface area contributed by atoms with Gasteiger partial charge in [0.05, 0.1) is 14.5 Å². The molecular formula is C21H23Br2N3O3. The number of aliphatic carboxylic acids is 1. The Bertz CT molecular complexity index is 1020. The summed E-state index contributed by atoms with van der Waals surface area (Å²) in [6, 6.07) is 9.49. The van der Waals surface area contributed by atoms with Crippen LogP contribution in [0.3, 0.4) is 0 Å². The normalized spacial score (nSPS) is 11.2. The van der Waals surface area contributed by atoms with Crippen LogP contribution < -0.4 is 10.1 Å². The van der Waals surface area contributed by atoms with Gasteiger partial charge in [-0.25, -0.2) is 0 Å². The molecule has 0 spiro atoms. The molecule has 0 amide bonds. The first-order valence-electron chi connectivity index (χ1n) is 9.40. The molecule has 1 heterocycles. The van der Waals surface area contributed by atoms with Crippen molar-refractivity contribution in [3.05, 3.63) is 45.0 Å². The molecule has 0 saturated heterocycles. The first-order valence-corrected chi connectivity index (χ1v) is 11.0. The summed E-state index contributed by atoms with van der Waals surface area (Å²) in [4.78, 5) is 10.8. The minimum absolute atomic E-state index is 0.157. The van der Waals surface area contributed by atoms with E-state index in [1.165, 1.54) is 5.69 Å². The smallest absolute Gasteiger partial charge is 0.322 e. The van der Waals surface area contributed by atoms with Crippen molar-refractivity contribution in [1.29, 1.82) is 0 Å². The average Bonchev–Trinajstić information content (AvgIpc) is 2.98. The van der Waals surface area contributed by atoms with E-state index in [9.17, 15) is 4.79 Å². The molecule has 154 valence electrons. The number of aromatic nitrogens is 2. The molecule has 29 heavy (non-hydrogen) atoms. The van der Waals surface area contributed by atoms with E-state index in [4.69, 9.17) is 14.9 Å². The Morgan fingerprint density at radius 1 is 1.24 bits per heavy atom. The molecule has 0 saturated carbocycles. The van der Waals surface area contributed by atoms with Crippen molar-refractivity contribution in [1.82, 2.24) is 9.78 Å². The molecule has 3 rings (SSSR count). The molecule has 0 unspecified atom stereocenters. The number of benzene rings is 2. The highest BCUT2D eigenvalue weighted by Crippen LogP contribution is 2.40. The third-order valence-corrected chi connectivity index (χ3v) is 5.53. The van der Waals surface area contributed by atoms with Gasteiger partial charge in [-0.1, -0.05) is 20.8 Å². The van der Waals surface area contributed by atoms with Crippen LogP contribution in [-0.4, -0.2) is 27.4 Å². The second-order valence-electron chi connectivity index (χ2n) is 7.17. The lowest BCUT2D eigenvalue weighted by Crippen LogP contribution is -2.12. The maximum atomic E-state index is 10.8. The number of ether oxygens (including phenoxy) is 1. The van der Waals surface area contributed by atoms with E-state index >= 15 is 0 Å². The Kier molecular flexibility index (Phi) is 6.85. The highest BCUT2D eigenvalue weighted by atomic mass is 79.9. The summed E-state index contributed by atoms with van der Waals surface area (Å²) in [6.07, 6.45) is 0.893. The van der Waals surface area contributed by atoms with Crippen LogP contribution in [0.4, 0.5) is 5.69 Å². The molecule has 0 radical (unpaired) electrons. The third kappa shape index (κ3) is 5.11. The van der Waals surface area contributed by atoms with Crippen molar-refractivity contribution in [2.45, 2.75) is 33.7 Å². The summed E-state index contributed by atoms with van der Waals surface area (Å²) < 4.78 is 9.66. The molecule has 0 aliphatic heterocycles. The maximum Gasteiger partial charge on any atom is 0.322 e. The van der Waals surface area contributed by atoms with Crippen LogP contribution in [0.5, 0.6) is 11.5 Å². The highest BCUT2D eigenvalue weighted by Gasteiger charge is 2.15. The lowest BCUT2D eigenvalue weighted by molar-refractivity contribution is -0.134. The number of anilines is 1. The van der Waals surface area contributed by atoms with Gasteiger partial charge >= 0.3 is 5.97 Å². The minimum atomic E-state index is -0.921. The Morgan fingerprint density at radius 2 is 1.93 bits per heavy atom. The van der Waals surface area contributed by atoms with Crippen LogP contribution in [0.1, 0.15) is 26.5 Å². The molecule has 2 N–H and O–H groups in total. The van der Waals surface area contributed by atoms with Crippen molar-refractivity contribution in [2.24, 2.45) is 5.92 Å². The van der Waals surface area contributed by atoms with E-state index in [0.29, 0.717) is 32.0 Å². The zero-order valence-electron chi connectivity index (χ0n) is 16.5. The number of fused-ring (bicyclic) bond motifs is 1. The van der Waals surface area contributed by atoms with Crippen molar-refractivity contribution in [2.75, 3.05) is 11.9 Å². The van der Waals surface area contributed by atoms with Crippen LogP contribution in [0.15, 0.2) is 39.3 Å². The molecule has 0 atom stereocenters. The molecule has 0 aliphatic carbocycles. The molecule has 1 aromatic heterocycles. The molecular weight excluding hydrogens is 502 g/mol. The standard InChI is InChI=1S/C21H23Br2N3O3/c1-4-19-15-9-14(5-6-18(15)25-26(19)11-12(2)3)29-21-16(22)7-13(8-17(21)23)24-10-20(27)28/h5-9,12,24H,4,10-11H2,1-3H3,(H,27,28). The van der Waals surface area contributed by atoms with Crippen LogP contribution >= 0.6 is 31.9 Å².